The molecule has 0 fully saturated rings. The molecule has 0 saturated carbocycles. The number of phenols is 2. The Labute approximate surface area is 154 Å². The summed E-state index contributed by atoms with van der Waals surface area (Å²) in [7, 11) is 0. The van der Waals surface area contributed by atoms with Gasteiger partial charge in [0.15, 0.2) is 6.29 Å². The maximum absolute atomic E-state index is 13.0. The molecule has 0 radical (unpaired) electrons. The fourth-order valence-electron chi connectivity index (χ4n) is 3.57. The lowest BCUT2D eigenvalue weighted by Crippen LogP contribution is -2.16. The molecular formula is C22H13NO4. The van der Waals surface area contributed by atoms with Crippen molar-refractivity contribution in [2.45, 2.75) is 6.42 Å². The number of aldehydes is 1. The van der Waals surface area contributed by atoms with Crippen molar-refractivity contribution in [2.24, 2.45) is 0 Å². The molecule has 5 nitrogen and oxygen atoms in total. The van der Waals surface area contributed by atoms with Crippen LogP contribution in [-0.2, 0) is 6.42 Å². The largest absolute Gasteiger partial charge is 0.507 e. The van der Waals surface area contributed by atoms with Gasteiger partial charge < -0.3 is 10.2 Å². The lowest BCUT2D eigenvalue weighted by molar-refractivity contribution is 0.102. The van der Waals surface area contributed by atoms with Crippen molar-refractivity contribution in [1.29, 1.82) is 5.26 Å². The highest BCUT2D eigenvalue weighted by atomic mass is 16.3. The molecule has 0 saturated heterocycles. The van der Waals surface area contributed by atoms with Gasteiger partial charge >= 0.3 is 0 Å². The third-order valence-corrected chi connectivity index (χ3v) is 4.81. The second-order valence-electron chi connectivity index (χ2n) is 6.35. The van der Waals surface area contributed by atoms with E-state index in [9.17, 15) is 19.8 Å². The van der Waals surface area contributed by atoms with Crippen LogP contribution < -0.4 is 0 Å². The summed E-state index contributed by atoms with van der Waals surface area (Å²) in [5.74, 6) is -0.908. The summed E-state index contributed by atoms with van der Waals surface area (Å²) in [5, 5.41) is 29.9. The Kier molecular flexibility index (Phi) is 3.75. The highest BCUT2D eigenvalue weighted by Crippen LogP contribution is 2.42. The van der Waals surface area contributed by atoms with E-state index in [2.05, 4.69) is 0 Å². The molecule has 1 aliphatic carbocycles. The zero-order valence-electron chi connectivity index (χ0n) is 14.1. The van der Waals surface area contributed by atoms with Crippen LogP contribution in [0.4, 0.5) is 0 Å². The smallest absolute Gasteiger partial charge is 0.201 e. The second-order valence-corrected chi connectivity index (χ2v) is 6.35. The van der Waals surface area contributed by atoms with Gasteiger partial charge in [0.2, 0.25) is 5.78 Å². The zero-order chi connectivity index (χ0) is 19.1. The highest BCUT2D eigenvalue weighted by Gasteiger charge is 2.31. The van der Waals surface area contributed by atoms with Crippen molar-refractivity contribution in [2.75, 3.05) is 0 Å². The number of hydrogen-bond donors (Lipinski definition) is 2. The lowest BCUT2D eigenvalue weighted by atomic mass is 9.81. The van der Waals surface area contributed by atoms with Crippen LogP contribution in [0, 0.1) is 11.3 Å². The van der Waals surface area contributed by atoms with Crippen molar-refractivity contribution in [1.82, 2.24) is 0 Å². The van der Waals surface area contributed by atoms with Crippen LogP contribution in [0.15, 0.2) is 48.5 Å². The van der Waals surface area contributed by atoms with Gasteiger partial charge in [0.1, 0.15) is 11.5 Å². The third kappa shape index (κ3) is 2.47. The Morgan fingerprint density at radius 3 is 2.37 bits per heavy atom. The Balaban J connectivity index is 1.97. The third-order valence-electron chi connectivity index (χ3n) is 4.81. The van der Waals surface area contributed by atoms with E-state index in [1.165, 1.54) is 6.07 Å². The molecule has 27 heavy (non-hydrogen) atoms. The van der Waals surface area contributed by atoms with Crippen LogP contribution >= 0.6 is 0 Å². The van der Waals surface area contributed by atoms with E-state index in [4.69, 9.17) is 5.26 Å². The van der Waals surface area contributed by atoms with Crippen LogP contribution in [0.2, 0.25) is 0 Å². The van der Waals surface area contributed by atoms with Crippen LogP contribution in [0.5, 0.6) is 11.5 Å². The van der Waals surface area contributed by atoms with Gasteiger partial charge in [-0.05, 0) is 47.4 Å². The average molecular weight is 355 g/mol. The van der Waals surface area contributed by atoms with Gasteiger partial charge in [0.25, 0.3) is 0 Å². The first-order chi connectivity index (χ1) is 13.0. The molecule has 130 valence electrons. The monoisotopic (exact) mass is 355 g/mol. The number of nitriles is 1. The minimum Gasteiger partial charge on any atom is -0.507 e. The summed E-state index contributed by atoms with van der Waals surface area (Å²) < 4.78 is 0. The molecule has 0 spiro atoms. The summed E-state index contributed by atoms with van der Waals surface area (Å²) in [6, 6.07) is 14.8. The number of ketones is 1. The molecular weight excluding hydrogens is 342 g/mol. The summed E-state index contributed by atoms with van der Waals surface area (Å²) in [6.45, 7) is 0. The van der Waals surface area contributed by atoms with E-state index in [0.717, 1.165) is 0 Å². The molecule has 3 aromatic carbocycles. The Morgan fingerprint density at radius 2 is 1.70 bits per heavy atom. The summed E-state index contributed by atoms with van der Waals surface area (Å²) >= 11 is 0. The number of benzene rings is 3. The normalized spacial score (nSPS) is 12.0. The van der Waals surface area contributed by atoms with Crippen molar-refractivity contribution < 1.29 is 19.8 Å². The number of fused-ring (bicyclic) bond motifs is 2. The molecule has 0 unspecified atom stereocenters. The van der Waals surface area contributed by atoms with Gasteiger partial charge in [0.05, 0.1) is 22.8 Å². The number of phenolic OH excluding ortho intramolecular Hbond substituents is 2. The van der Waals surface area contributed by atoms with Gasteiger partial charge in [-0.2, -0.15) is 5.26 Å². The number of carbonyl (C=O) groups excluding carboxylic acids is 2. The van der Waals surface area contributed by atoms with Crippen LogP contribution in [-0.4, -0.2) is 22.3 Å². The maximum Gasteiger partial charge on any atom is 0.201 e. The predicted octanol–water partition coefficient (Wildman–Crippen LogP) is 3.58. The summed E-state index contributed by atoms with van der Waals surface area (Å²) in [6.07, 6.45) is 0.961. The Morgan fingerprint density at radius 1 is 0.963 bits per heavy atom. The zero-order valence-corrected chi connectivity index (χ0v) is 14.1. The molecule has 0 heterocycles. The molecule has 0 atom stereocenters. The van der Waals surface area contributed by atoms with Crippen molar-refractivity contribution >= 4 is 12.1 Å². The first-order valence-electron chi connectivity index (χ1n) is 8.25. The summed E-state index contributed by atoms with van der Waals surface area (Å²) in [4.78, 5) is 24.6. The molecule has 0 aromatic heterocycles. The van der Waals surface area contributed by atoms with Gasteiger partial charge in [-0.3, -0.25) is 9.59 Å². The standard InChI is InChI=1S/C22H13NO4/c23-10-12-4-6-13(7-5-12)18-16(11-24)9-15-8-14-2-1-3-17(25)19(14)22(27)20(15)21(18)26/h1-7,9,11,25-26H,8H2. The molecule has 3 aromatic rings. The predicted molar refractivity (Wildman–Crippen MR) is 98.0 cm³/mol. The van der Waals surface area contributed by atoms with E-state index in [-0.39, 0.29) is 33.8 Å². The van der Waals surface area contributed by atoms with E-state index in [1.54, 1.807) is 42.5 Å². The first-order valence-corrected chi connectivity index (χ1v) is 8.25. The first kappa shape index (κ1) is 16.6. The van der Waals surface area contributed by atoms with Gasteiger partial charge in [-0.25, -0.2) is 0 Å². The topological polar surface area (TPSA) is 98.4 Å². The number of aromatic hydroxyl groups is 2. The molecule has 0 bridgehead atoms. The van der Waals surface area contributed by atoms with Gasteiger partial charge in [-0.15, -0.1) is 0 Å². The average Bonchev–Trinajstić information content (AvgIpc) is 2.67. The van der Waals surface area contributed by atoms with Gasteiger partial charge in [-0.1, -0.05) is 24.3 Å². The van der Waals surface area contributed by atoms with E-state index in [0.29, 0.717) is 35.0 Å². The van der Waals surface area contributed by atoms with E-state index >= 15 is 0 Å². The Hall–Kier alpha value is -3.91. The highest BCUT2D eigenvalue weighted by molar-refractivity contribution is 6.17. The minimum absolute atomic E-state index is 0.0916. The molecule has 0 aliphatic heterocycles. The Bertz CT molecular complexity index is 1150. The van der Waals surface area contributed by atoms with Crippen molar-refractivity contribution in [3.05, 3.63) is 81.9 Å². The minimum atomic E-state index is -0.478. The van der Waals surface area contributed by atoms with Gasteiger partial charge in [0, 0.05) is 11.1 Å². The van der Waals surface area contributed by atoms with Crippen molar-refractivity contribution in [3.63, 3.8) is 0 Å². The molecule has 1 aliphatic rings. The maximum atomic E-state index is 13.0. The van der Waals surface area contributed by atoms with E-state index in [1.807, 2.05) is 6.07 Å². The number of carbonyl (C=O) groups is 2. The van der Waals surface area contributed by atoms with Crippen LogP contribution in [0.1, 0.15) is 43.0 Å². The molecule has 2 N–H and O–H groups in total. The molecule has 0 amide bonds. The second kappa shape index (κ2) is 6.11. The van der Waals surface area contributed by atoms with Crippen LogP contribution in [0.3, 0.4) is 0 Å². The number of nitrogens with zero attached hydrogens (tertiary/aromatic N) is 1. The SMILES string of the molecule is N#Cc1ccc(-c2c(C=O)cc3c(c2O)C(=O)c2c(O)cccc2C3)cc1. The van der Waals surface area contributed by atoms with E-state index < -0.39 is 5.78 Å². The molecule has 4 rings (SSSR count). The summed E-state index contributed by atoms with van der Waals surface area (Å²) in [5.41, 5.74) is 2.91. The fourth-order valence-corrected chi connectivity index (χ4v) is 3.57. The molecule has 5 heteroatoms. The number of rotatable bonds is 2. The lowest BCUT2D eigenvalue weighted by Gasteiger charge is -2.22. The quantitative estimate of drug-likeness (QED) is 0.536. The number of hydrogen-bond acceptors (Lipinski definition) is 5. The fraction of sp³-hybridized carbons (Fsp3) is 0.0455. The van der Waals surface area contributed by atoms with Crippen molar-refractivity contribution in [3.8, 4) is 28.7 Å². The van der Waals surface area contributed by atoms with Crippen LogP contribution in [0.25, 0.3) is 11.1 Å².